The van der Waals surface area contributed by atoms with Gasteiger partial charge in [0.2, 0.25) is 5.91 Å². The topological polar surface area (TPSA) is 32.8 Å². The van der Waals surface area contributed by atoms with Crippen LogP contribution < -0.4 is 4.74 Å². The van der Waals surface area contributed by atoms with E-state index in [1.54, 1.807) is 7.11 Å². The summed E-state index contributed by atoms with van der Waals surface area (Å²) in [4.78, 5) is 17.4. The number of carbonyl (C=O) groups excluding carboxylic acids is 1. The van der Waals surface area contributed by atoms with Gasteiger partial charge in [-0.1, -0.05) is 18.2 Å². The maximum absolute atomic E-state index is 12.8. The lowest BCUT2D eigenvalue weighted by molar-refractivity contribution is -0.134. The third-order valence-electron chi connectivity index (χ3n) is 5.49. The summed E-state index contributed by atoms with van der Waals surface area (Å²) >= 11 is 0. The maximum Gasteiger partial charge on any atom is 0.227 e. The third-order valence-corrected chi connectivity index (χ3v) is 5.49. The van der Waals surface area contributed by atoms with E-state index in [0.717, 1.165) is 43.9 Å². The van der Waals surface area contributed by atoms with Crippen LogP contribution >= 0.6 is 0 Å². The van der Waals surface area contributed by atoms with Crippen LogP contribution in [0.15, 0.2) is 36.9 Å². The molecule has 0 aliphatic carbocycles. The van der Waals surface area contributed by atoms with Gasteiger partial charge in [0.15, 0.2) is 0 Å². The number of amides is 1. The molecular weight excluding hydrogens is 300 g/mol. The average molecular weight is 328 g/mol. The Bertz CT molecular complexity index is 601. The van der Waals surface area contributed by atoms with E-state index >= 15 is 0 Å². The SMILES string of the molecule is C=CCN1CCC[C@]12CCCN(C(=O)Cc1cccc(OC)c1)C2. The van der Waals surface area contributed by atoms with E-state index in [0.29, 0.717) is 6.42 Å². The van der Waals surface area contributed by atoms with E-state index < -0.39 is 0 Å². The molecule has 0 radical (unpaired) electrons. The summed E-state index contributed by atoms with van der Waals surface area (Å²) in [5, 5.41) is 0. The number of nitrogens with zero attached hydrogens (tertiary/aromatic N) is 2. The van der Waals surface area contributed by atoms with Crippen molar-refractivity contribution in [2.45, 2.75) is 37.6 Å². The van der Waals surface area contributed by atoms with Gasteiger partial charge in [0, 0.05) is 25.2 Å². The van der Waals surface area contributed by atoms with Gasteiger partial charge < -0.3 is 9.64 Å². The molecule has 2 aliphatic heterocycles. The largest absolute Gasteiger partial charge is 0.497 e. The number of carbonyl (C=O) groups is 1. The first kappa shape index (κ1) is 17.0. The van der Waals surface area contributed by atoms with Crippen LogP contribution in [0, 0.1) is 0 Å². The Morgan fingerprint density at radius 1 is 1.33 bits per heavy atom. The lowest BCUT2D eigenvalue weighted by Gasteiger charge is -2.46. The van der Waals surface area contributed by atoms with Crippen molar-refractivity contribution in [1.29, 1.82) is 0 Å². The molecule has 4 heteroatoms. The number of benzene rings is 1. The van der Waals surface area contributed by atoms with Crippen LogP contribution in [0.1, 0.15) is 31.2 Å². The first-order chi connectivity index (χ1) is 11.7. The molecule has 2 fully saturated rings. The highest BCUT2D eigenvalue weighted by Gasteiger charge is 2.44. The number of piperidine rings is 1. The Labute approximate surface area is 145 Å². The van der Waals surface area contributed by atoms with Crippen molar-refractivity contribution in [2.24, 2.45) is 0 Å². The Morgan fingerprint density at radius 3 is 2.88 bits per heavy atom. The van der Waals surface area contributed by atoms with Gasteiger partial charge in [-0.3, -0.25) is 9.69 Å². The predicted molar refractivity (Wildman–Crippen MR) is 96.2 cm³/mol. The molecule has 1 aromatic rings. The fourth-order valence-corrected chi connectivity index (χ4v) is 4.29. The third kappa shape index (κ3) is 3.48. The second kappa shape index (κ2) is 7.39. The van der Waals surface area contributed by atoms with Gasteiger partial charge in [-0.05, 0) is 49.9 Å². The van der Waals surface area contributed by atoms with Gasteiger partial charge in [0.1, 0.15) is 5.75 Å². The van der Waals surface area contributed by atoms with E-state index in [9.17, 15) is 4.79 Å². The fraction of sp³-hybridized carbons (Fsp3) is 0.550. The number of ether oxygens (including phenoxy) is 1. The Balaban J connectivity index is 1.67. The van der Waals surface area contributed by atoms with Crippen LogP contribution in [0.3, 0.4) is 0 Å². The van der Waals surface area contributed by atoms with Gasteiger partial charge in [0.25, 0.3) is 0 Å². The highest BCUT2D eigenvalue weighted by atomic mass is 16.5. The highest BCUT2D eigenvalue weighted by molar-refractivity contribution is 5.79. The van der Waals surface area contributed by atoms with Crippen LogP contribution in [0.5, 0.6) is 5.75 Å². The lowest BCUT2D eigenvalue weighted by atomic mass is 9.86. The van der Waals surface area contributed by atoms with E-state index in [1.165, 1.54) is 19.3 Å². The zero-order valence-electron chi connectivity index (χ0n) is 14.7. The molecule has 1 spiro atoms. The van der Waals surface area contributed by atoms with Gasteiger partial charge in [0.05, 0.1) is 13.5 Å². The molecule has 0 bridgehead atoms. The molecule has 1 atom stereocenters. The van der Waals surface area contributed by atoms with Crippen LogP contribution in [-0.4, -0.2) is 54.5 Å². The van der Waals surface area contributed by atoms with Gasteiger partial charge in [-0.25, -0.2) is 0 Å². The van der Waals surface area contributed by atoms with Crippen molar-refractivity contribution in [3.05, 3.63) is 42.5 Å². The Morgan fingerprint density at radius 2 is 2.12 bits per heavy atom. The number of methoxy groups -OCH3 is 1. The predicted octanol–water partition coefficient (Wildman–Crippen LogP) is 2.88. The molecule has 0 unspecified atom stereocenters. The minimum Gasteiger partial charge on any atom is -0.497 e. The summed E-state index contributed by atoms with van der Waals surface area (Å²) < 4.78 is 5.26. The first-order valence-corrected chi connectivity index (χ1v) is 8.93. The second-order valence-electron chi connectivity index (χ2n) is 7.01. The van der Waals surface area contributed by atoms with Crippen molar-refractivity contribution in [3.8, 4) is 5.75 Å². The molecule has 0 aromatic heterocycles. The zero-order valence-corrected chi connectivity index (χ0v) is 14.7. The standard InChI is InChI=1S/C20H28N2O2/c1-3-11-22-13-6-10-20(22)9-5-12-21(16-20)19(23)15-17-7-4-8-18(14-17)24-2/h3-4,7-8,14H,1,5-6,9-13,15-16H2,2H3/t20-/m0/s1. The molecule has 1 amide bonds. The van der Waals surface area contributed by atoms with Gasteiger partial charge in [-0.2, -0.15) is 0 Å². The normalized spacial score (nSPS) is 24.3. The summed E-state index contributed by atoms with van der Waals surface area (Å²) in [5.74, 6) is 1.04. The number of hydrogen-bond donors (Lipinski definition) is 0. The Hall–Kier alpha value is -1.81. The number of rotatable bonds is 5. The average Bonchev–Trinajstić information content (AvgIpc) is 2.97. The molecule has 2 aliphatic rings. The molecule has 1 aromatic carbocycles. The van der Waals surface area contributed by atoms with Crippen LogP contribution in [0.4, 0.5) is 0 Å². The van der Waals surface area contributed by atoms with E-state index in [2.05, 4.69) is 16.4 Å². The van der Waals surface area contributed by atoms with E-state index in [1.807, 2.05) is 30.3 Å². The summed E-state index contributed by atoms with van der Waals surface area (Å²) in [7, 11) is 1.66. The highest BCUT2D eigenvalue weighted by Crippen LogP contribution is 2.37. The minimum atomic E-state index is 0.177. The summed E-state index contributed by atoms with van der Waals surface area (Å²) in [5.41, 5.74) is 1.20. The molecule has 24 heavy (non-hydrogen) atoms. The van der Waals surface area contributed by atoms with Crippen molar-refractivity contribution in [1.82, 2.24) is 9.80 Å². The summed E-state index contributed by atoms with van der Waals surface area (Å²) in [6.07, 6.45) is 7.16. The lowest BCUT2D eigenvalue weighted by Crippen LogP contribution is -2.57. The number of hydrogen-bond acceptors (Lipinski definition) is 3. The number of likely N-dealkylation sites (tertiary alicyclic amines) is 2. The minimum absolute atomic E-state index is 0.177. The van der Waals surface area contributed by atoms with Gasteiger partial charge in [-0.15, -0.1) is 6.58 Å². The zero-order chi connectivity index (χ0) is 17.0. The van der Waals surface area contributed by atoms with Crippen LogP contribution in [-0.2, 0) is 11.2 Å². The first-order valence-electron chi connectivity index (χ1n) is 8.93. The quantitative estimate of drug-likeness (QED) is 0.779. The van der Waals surface area contributed by atoms with Crippen molar-refractivity contribution in [2.75, 3.05) is 33.3 Å². The monoisotopic (exact) mass is 328 g/mol. The molecule has 130 valence electrons. The molecule has 2 saturated heterocycles. The van der Waals surface area contributed by atoms with Crippen molar-refractivity contribution in [3.63, 3.8) is 0 Å². The summed E-state index contributed by atoms with van der Waals surface area (Å²) in [6.45, 7) is 7.70. The molecule has 4 nitrogen and oxygen atoms in total. The summed E-state index contributed by atoms with van der Waals surface area (Å²) in [6, 6.07) is 7.81. The second-order valence-corrected chi connectivity index (χ2v) is 7.01. The van der Waals surface area contributed by atoms with Crippen LogP contribution in [0.2, 0.25) is 0 Å². The molecular formula is C20H28N2O2. The van der Waals surface area contributed by atoms with Crippen LogP contribution in [0.25, 0.3) is 0 Å². The van der Waals surface area contributed by atoms with Crippen molar-refractivity contribution < 1.29 is 9.53 Å². The molecule has 0 saturated carbocycles. The van der Waals surface area contributed by atoms with Crippen molar-refractivity contribution >= 4 is 5.91 Å². The molecule has 3 rings (SSSR count). The van der Waals surface area contributed by atoms with E-state index in [4.69, 9.17) is 4.74 Å². The van der Waals surface area contributed by atoms with E-state index in [-0.39, 0.29) is 11.4 Å². The fourth-order valence-electron chi connectivity index (χ4n) is 4.29. The maximum atomic E-state index is 12.8. The smallest absolute Gasteiger partial charge is 0.227 e. The molecule has 2 heterocycles. The molecule has 0 N–H and O–H groups in total. The Kier molecular flexibility index (Phi) is 5.24. The van der Waals surface area contributed by atoms with Gasteiger partial charge >= 0.3 is 0 Å².